The van der Waals surface area contributed by atoms with Crippen LogP contribution in [-0.4, -0.2) is 11.9 Å². The molecule has 0 aromatic heterocycles. The van der Waals surface area contributed by atoms with Gasteiger partial charge in [-0.2, -0.15) is 0 Å². The summed E-state index contributed by atoms with van der Waals surface area (Å²) in [6.07, 6.45) is 6.63. The zero-order chi connectivity index (χ0) is 13.0. The van der Waals surface area contributed by atoms with Gasteiger partial charge in [-0.3, -0.25) is 0 Å². The number of rotatable bonds is 4. The normalized spacial score (nSPS) is 18.6. The average molecular weight is 376 g/mol. The fourth-order valence-electron chi connectivity index (χ4n) is 2.58. The molecule has 0 amide bonds. The van der Waals surface area contributed by atoms with E-state index in [0.29, 0.717) is 5.41 Å². The molecule has 1 aromatic carbocycles. The highest BCUT2D eigenvalue weighted by atomic mass is 79.9. The quantitative estimate of drug-likeness (QED) is 0.633. The molecule has 100 valence electrons. The molecule has 0 N–H and O–H groups in total. The van der Waals surface area contributed by atoms with Crippen LogP contribution < -0.4 is 4.74 Å². The van der Waals surface area contributed by atoms with E-state index in [2.05, 4.69) is 57.0 Å². The predicted molar refractivity (Wildman–Crippen MR) is 83.7 cm³/mol. The molecule has 0 radical (unpaired) electrons. The minimum atomic E-state index is 0.340. The van der Waals surface area contributed by atoms with Gasteiger partial charge in [-0.25, -0.2) is 0 Å². The zero-order valence-corrected chi connectivity index (χ0v) is 14.0. The minimum absolute atomic E-state index is 0.340. The molecule has 0 saturated heterocycles. The molecule has 1 aliphatic carbocycles. The van der Waals surface area contributed by atoms with Crippen molar-refractivity contribution >= 4 is 31.9 Å². The Bertz CT molecular complexity index is 397. The maximum absolute atomic E-state index is 6.09. The second kappa shape index (κ2) is 6.42. The van der Waals surface area contributed by atoms with Crippen LogP contribution in [0, 0.1) is 12.3 Å². The van der Waals surface area contributed by atoms with Crippen LogP contribution in [0.1, 0.15) is 37.7 Å². The van der Waals surface area contributed by atoms with E-state index in [1.165, 1.54) is 37.7 Å². The summed E-state index contributed by atoms with van der Waals surface area (Å²) in [5, 5.41) is 1.05. The summed E-state index contributed by atoms with van der Waals surface area (Å²) >= 11 is 7.19. The van der Waals surface area contributed by atoms with Gasteiger partial charge < -0.3 is 4.74 Å². The summed E-state index contributed by atoms with van der Waals surface area (Å²) in [5.41, 5.74) is 1.55. The van der Waals surface area contributed by atoms with Crippen molar-refractivity contribution in [3.8, 4) is 5.75 Å². The van der Waals surface area contributed by atoms with Gasteiger partial charge >= 0.3 is 0 Å². The van der Waals surface area contributed by atoms with E-state index in [1.54, 1.807) is 0 Å². The standard InChI is InChI=1S/C15H20Br2O/c1-12-5-6-13(17)9-14(12)18-11-15(10-16)7-3-2-4-8-15/h5-6,9H,2-4,7-8,10-11H2,1H3. The van der Waals surface area contributed by atoms with E-state index < -0.39 is 0 Å². The third kappa shape index (κ3) is 3.51. The molecule has 18 heavy (non-hydrogen) atoms. The van der Waals surface area contributed by atoms with E-state index in [-0.39, 0.29) is 0 Å². The summed E-state index contributed by atoms with van der Waals surface area (Å²) in [5.74, 6) is 1.01. The first-order chi connectivity index (χ1) is 8.65. The van der Waals surface area contributed by atoms with Gasteiger partial charge in [-0.05, 0) is 37.5 Å². The van der Waals surface area contributed by atoms with Gasteiger partial charge in [0.1, 0.15) is 5.75 Å². The second-order valence-corrected chi connectivity index (χ2v) is 6.87. The van der Waals surface area contributed by atoms with E-state index >= 15 is 0 Å². The lowest BCUT2D eigenvalue weighted by atomic mass is 9.76. The van der Waals surface area contributed by atoms with Gasteiger partial charge in [-0.15, -0.1) is 0 Å². The molecule has 0 unspecified atom stereocenters. The highest BCUT2D eigenvalue weighted by Gasteiger charge is 2.31. The van der Waals surface area contributed by atoms with Crippen LogP contribution in [0.5, 0.6) is 5.75 Å². The third-order valence-corrected chi connectivity index (χ3v) is 5.56. The van der Waals surface area contributed by atoms with Crippen molar-refractivity contribution in [3.05, 3.63) is 28.2 Å². The van der Waals surface area contributed by atoms with Crippen molar-refractivity contribution in [1.82, 2.24) is 0 Å². The Labute approximate surface area is 127 Å². The van der Waals surface area contributed by atoms with Crippen LogP contribution in [0.15, 0.2) is 22.7 Å². The molecule has 1 fully saturated rings. The Morgan fingerprint density at radius 1 is 1.22 bits per heavy atom. The molecule has 1 saturated carbocycles. The van der Waals surface area contributed by atoms with E-state index in [4.69, 9.17) is 4.74 Å². The lowest BCUT2D eigenvalue weighted by Gasteiger charge is -2.35. The first kappa shape index (κ1) is 14.4. The van der Waals surface area contributed by atoms with E-state index in [0.717, 1.165) is 22.2 Å². The van der Waals surface area contributed by atoms with Crippen molar-refractivity contribution in [1.29, 1.82) is 0 Å². The number of ether oxygens (including phenoxy) is 1. The Morgan fingerprint density at radius 2 is 1.94 bits per heavy atom. The third-order valence-electron chi connectivity index (χ3n) is 3.88. The summed E-state index contributed by atoms with van der Waals surface area (Å²) in [7, 11) is 0. The molecule has 3 heteroatoms. The van der Waals surface area contributed by atoms with Gasteiger partial charge in [0.15, 0.2) is 0 Å². The monoisotopic (exact) mass is 374 g/mol. The second-order valence-electron chi connectivity index (χ2n) is 5.39. The van der Waals surface area contributed by atoms with Crippen LogP contribution in [0.4, 0.5) is 0 Å². The van der Waals surface area contributed by atoms with Crippen LogP contribution >= 0.6 is 31.9 Å². The highest BCUT2D eigenvalue weighted by Crippen LogP contribution is 2.38. The number of alkyl halides is 1. The van der Waals surface area contributed by atoms with Gasteiger partial charge in [0.2, 0.25) is 0 Å². The van der Waals surface area contributed by atoms with Crippen molar-refractivity contribution in [3.63, 3.8) is 0 Å². The largest absolute Gasteiger partial charge is 0.493 e. The Kier molecular flexibility index (Phi) is 5.14. The first-order valence-electron chi connectivity index (χ1n) is 6.60. The van der Waals surface area contributed by atoms with Crippen LogP contribution in [-0.2, 0) is 0 Å². The molecular weight excluding hydrogens is 356 g/mol. The lowest BCUT2D eigenvalue weighted by molar-refractivity contribution is 0.121. The van der Waals surface area contributed by atoms with Gasteiger partial charge in [-0.1, -0.05) is 57.2 Å². The maximum atomic E-state index is 6.09. The average Bonchev–Trinajstić information content (AvgIpc) is 2.41. The molecule has 1 aromatic rings. The van der Waals surface area contributed by atoms with E-state index in [1.807, 2.05) is 0 Å². The summed E-state index contributed by atoms with van der Waals surface area (Å²) in [4.78, 5) is 0. The van der Waals surface area contributed by atoms with Gasteiger partial charge in [0.05, 0.1) is 6.61 Å². The number of hydrogen-bond acceptors (Lipinski definition) is 1. The zero-order valence-electron chi connectivity index (χ0n) is 10.8. The number of benzene rings is 1. The Hall–Kier alpha value is -0.0200. The van der Waals surface area contributed by atoms with Crippen molar-refractivity contribution in [2.45, 2.75) is 39.0 Å². The molecule has 1 nitrogen and oxygen atoms in total. The summed E-state index contributed by atoms with van der Waals surface area (Å²) < 4.78 is 7.17. The molecule has 0 bridgehead atoms. The van der Waals surface area contributed by atoms with Crippen LogP contribution in [0.3, 0.4) is 0 Å². The van der Waals surface area contributed by atoms with Crippen molar-refractivity contribution in [2.24, 2.45) is 5.41 Å². The van der Waals surface area contributed by atoms with Crippen molar-refractivity contribution in [2.75, 3.05) is 11.9 Å². The molecular formula is C15H20Br2O. The number of aryl methyl sites for hydroxylation is 1. The SMILES string of the molecule is Cc1ccc(Br)cc1OCC1(CBr)CCCCC1. The molecule has 2 rings (SSSR count). The minimum Gasteiger partial charge on any atom is -0.493 e. The maximum Gasteiger partial charge on any atom is 0.123 e. The molecule has 0 heterocycles. The summed E-state index contributed by atoms with van der Waals surface area (Å²) in [6.45, 7) is 2.93. The molecule has 0 aliphatic heterocycles. The molecule has 1 aliphatic rings. The van der Waals surface area contributed by atoms with Gasteiger partial charge in [0, 0.05) is 15.2 Å². The number of hydrogen-bond donors (Lipinski definition) is 0. The summed E-state index contributed by atoms with van der Waals surface area (Å²) in [6, 6.07) is 6.23. The predicted octanol–water partition coefficient (Wildman–Crippen LogP) is 5.48. The number of halogens is 2. The van der Waals surface area contributed by atoms with Crippen molar-refractivity contribution < 1.29 is 4.74 Å². The Morgan fingerprint density at radius 3 is 2.61 bits per heavy atom. The topological polar surface area (TPSA) is 9.23 Å². The molecule has 0 spiro atoms. The highest BCUT2D eigenvalue weighted by molar-refractivity contribution is 9.10. The fraction of sp³-hybridized carbons (Fsp3) is 0.600. The van der Waals surface area contributed by atoms with E-state index in [9.17, 15) is 0 Å². The smallest absolute Gasteiger partial charge is 0.123 e. The van der Waals surface area contributed by atoms with Crippen LogP contribution in [0.2, 0.25) is 0 Å². The van der Waals surface area contributed by atoms with Gasteiger partial charge in [0.25, 0.3) is 0 Å². The first-order valence-corrected chi connectivity index (χ1v) is 8.52. The molecule has 0 atom stereocenters. The Balaban J connectivity index is 2.03. The lowest BCUT2D eigenvalue weighted by Crippen LogP contribution is -2.32. The fourth-order valence-corrected chi connectivity index (χ4v) is 3.64. The van der Waals surface area contributed by atoms with Crippen LogP contribution in [0.25, 0.3) is 0 Å².